The lowest BCUT2D eigenvalue weighted by Gasteiger charge is -2.05. The molecule has 0 radical (unpaired) electrons. The Kier molecular flexibility index (Phi) is 2.51. The minimum atomic E-state index is -2.57. The van der Waals surface area contributed by atoms with Gasteiger partial charge in [0.2, 0.25) is 0 Å². The highest BCUT2D eigenvalue weighted by Gasteiger charge is 2.22. The summed E-state index contributed by atoms with van der Waals surface area (Å²) in [4.78, 5) is 29.3. The Hall–Kier alpha value is -1.43. The number of carbonyl (C=O) groups is 3. The molecule has 6 nitrogen and oxygen atoms in total. The molecule has 0 spiro atoms. The molecule has 0 aliphatic carbocycles. The Morgan fingerprint density at radius 3 is 1.80 bits per heavy atom. The van der Waals surface area contributed by atoms with Crippen molar-refractivity contribution in [3.63, 3.8) is 0 Å². The first kappa shape index (κ1) is 8.57. The molecule has 0 heterocycles. The van der Waals surface area contributed by atoms with E-state index in [4.69, 9.17) is 10.2 Å². The number of carboxylic acids is 2. The lowest BCUT2D eigenvalue weighted by Crippen LogP contribution is -2.43. The molecule has 0 rings (SSSR count). The summed E-state index contributed by atoms with van der Waals surface area (Å²) in [6.07, 6.45) is -2.57. The molecule has 0 saturated heterocycles. The third-order valence-corrected chi connectivity index (χ3v) is 0.682. The Morgan fingerprint density at radius 2 is 1.70 bits per heavy atom. The largest absolute Gasteiger partial charge is 0.547 e. The van der Waals surface area contributed by atoms with E-state index in [1.807, 2.05) is 0 Å². The maximum absolute atomic E-state index is 10.0. The molecular formula is C4H3O6-. The van der Waals surface area contributed by atoms with Crippen molar-refractivity contribution in [2.24, 2.45) is 0 Å². The van der Waals surface area contributed by atoms with Gasteiger partial charge in [-0.2, -0.15) is 0 Å². The van der Waals surface area contributed by atoms with Crippen molar-refractivity contribution in [3.8, 4) is 0 Å². The normalized spacial score (nSPS) is 12.1. The van der Waals surface area contributed by atoms with Crippen molar-refractivity contribution in [3.05, 3.63) is 0 Å². The van der Waals surface area contributed by atoms with Gasteiger partial charge in [-0.1, -0.05) is 0 Å². The van der Waals surface area contributed by atoms with E-state index < -0.39 is 23.8 Å². The van der Waals surface area contributed by atoms with Crippen LogP contribution in [0.2, 0.25) is 0 Å². The first-order chi connectivity index (χ1) is 4.46. The van der Waals surface area contributed by atoms with Gasteiger partial charge in [0.05, 0.1) is 5.97 Å². The fourth-order valence-corrected chi connectivity index (χ4v) is 0.224. The van der Waals surface area contributed by atoms with Gasteiger partial charge in [-0.05, 0) is 0 Å². The monoisotopic (exact) mass is 147 g/mol. The molecule has 2 N–H and O–H groups in total. The highest BCUT2D eigenvalue weighted by Crippen LogP contribution is 1.82. The summed E-state index contributed by atoms with van der Waals surface area (Å²) in [6, 6.07) is 0. The van der Waals surface area contributed by atoms with Gasteiger partial charge in [0.1, 0.15) is 0 Å². The quantitative estimate of drug-likeness (QED) is 0.320. The zero-order valence-electron chi connectivity index (χ0n) is 4.60. The van der Waals surface area contributed by atoms with Gasteiger partial charge in [-0.25, -0.2) is 4.79 Å². The molecule has 0 bridgehead atoms. The molecule has 0 saturated carbocycles. The molecule has 0 fully saturated rings. The molecule has 10 heavy (non-hydrogen) atoms. The van der Waals surface area contributed by atoms with Crippen molar-refractivity contribution >= 4 is 17.7 Å². The van der Waals surface area contributed by atoms with Gasteiger partial charge in [0, 0.05) is 0 Å². The van der Waals surface area contributed by atoms with Crippen LogP contribution in [0.4, 0.5) is 0 Å². The topological polar surface area (TPSA) is 115 Å². The van der Waals surface area contributed by atoms with Gasteiger partial charge in [-0.3, -0.25) is 4.79 Å². The smallest absolute Gasteiger partial charge is 0.375 e. The van der Waals surface area contributed by atoms with Gasteiger partial charge in [0.15, 0.2) is 6.10 Å². The number of carboxylic acid groups (broad SMARTS) is 2. The van der Waals surface area contributed by atoms with Crippen LogP contribution in [0.3, 0.4) is 0 Å². The van der Waals surface area contributed by atoms with Crippen molar-refractivity contribution in [2.45, 2.75) is 6.10 Å². The second-order valence-corrected chi connectivity index (χ2v) is 1.39. The van der Waals surface area contributed by atoms with Crippen molar-refractivity contribution in [1.29, 1.82) is 0 Å². The van der Waals surface area contributed by atoms with E-state index in [1.54, 1.807) is 0 Å². The minimum Gasteiger partial charge on any atom is -0.547 e. The second-order valence-electron chi connectivity index (χ2n) is 1.39. The summed E-state index contributed by atoms with van der Waals surface area (Å²) in [7, 11) is 0. The van der Waals surface area contributed by atoms with Crippen LogP contribution < -0.4 is 5.11 Å². The van der Waals surface area contributed by atoms with Crippen molar-refractivity contribution in [1.82, 2.24) is 0 Å². The van der Waals surface area contributed by atoms with E-state index in [-0.39, 0.29) is 0 Å². The van der Waals surface area contributed by atoms with Crippen LogP contribution in [0.15, 0.2) is 0 Å². The van der Waals surface area contributed by atoms with E-state index in [1.165, 1.54) is 0 Å². The van der Waals surface area contributed by atoms with Crippen LogP contribution in [0, 0.1) is 0 Å². The molecule has 0 aromatic heterocycles. The average molecular weight is 147 g/mol. The number of aliphatic hydroxyl groups excluding tert-OH is 1. The number of hydrogen-bond acceptors (Lipinski definition) is 5. The minimum absolute atomic E-state index is 1.81. The summed E-state index contributed by atoms with van der Waals surface area (Å²) >= 11 is 0. The van der Waals surface area contributed by atoms with Crippen LogP contribution >= 0.6 is 0 Å². The molecule has 0 aliphatic rings. The van der Waals surface area contributed by atoms with E-state index in [0.717, 1.165) is 0 Å². The van der Waals surface area contributed by atoms with Gasteiger partial charge in [-0.15, -0.1) is 0 Å². The highest BCUT2D eigenvalue weighted by atomic mass is 16.4. The molecule has 0 aromatic carbocycles. The SMILES string of the molecule is O=C(O)C(=O)C(O)C(=O)[O-]. The summed E-state index contributed by atoms with van der Waals surface area (Å²) in [5.74, 6) is -5.93. The molecule has 0 aromatic rings. The van der Waals surface area contributed by atoms with Crippen molar-refractivity contribution in [2.75, 3.05) is 0 Å². The first-order valence-corrected chi connectivity index (χ1v) is 2.13. The molecule has 0 amide bonds. The molecular weight excluding hydrogens is 144 g/mol. The number of Topliss-reactive ketones (excluding diaryl/α,β-unsaturated/α-hetero) is 1. The summed E-state index contributed by atoms with van der Waals surface area (Å²) in [5, 5.41) is 25.6. The van der Waals surface area contributed by atoms with E-state index in [9.17, 15) is 19.5 Å². The average Bonchev–Trinajstić information content (AvgIpc) is 1.84. The van der Waals surface area contributed by atoms with Crippen LogP contribution in [0.25, 0.3) is 0 Å². The Balaban J connectivity index is 4.22. The predicted molar refractivity (Wildman–Crippen MR) is 23.7 cm³/mol. The zero-order valence-corrected chi connectivity index (χ0v) is 4.60. The lowest BCUT2D eigenvalue weighted by molar-refractivity contribution is -0.312. The van der Waals surface area contributed by atoms with Gasteiger partial charge < -0.3 is 20.1 Å². The lowest BCUT2D eigenvalue weighted by atomic mass is 10.2. The Labute approximate surface area is 54.7 Å². The Morgan fingerprint density at radius 1 is 1.30 bits per heavy atom. The number of ketones is 1. The highest BCUT2D eigenvalue weighted by molar-refractivity contribution is 6.38. The van der Waals surface area contributed by atoms with E-state index in [0.29, 0.717) is 0 Å². The molecule has 56 valence electrons. The summed E-state index contributed by atoms with van der Waals surface area (Å²) < 4.78 is 0. The maximum Gasteiger partial charge on any atom is 0.375 e. The Bertz CT molecular complexity index is 182. The second kappa shape index (κ2) is 2.92. The van der Waals surface area contributed by atoms with Gasteiger partial charge >= 0.3 is 5.97 Å². The molecule has 6 heteroatoms. The fourth-order valence-electron chi connectivity index (χ4n) is 0.224. The fraction of sp³-hybridized carbons (Fsp3) is 0.250. The van der Waals surface area contributed by atoms with Crippen molar-refractivity contribution < 1.29 is 29.7 Å². The van der Waals surface area contributed by atoms with Crippen LogP contribution in [-0.2, 0) is 14.4 Å². The molecule has 1 unspecified atom stereocenters. The van der Waals surface area contributed by atoms with Gasteiger partial charge in [0.25, 0.3) is 5.78 Å². The standard InChI is InChI=1S/C4H4O6/c5-1(3(7)8)2(6)4(9)10/h1,5H,(H,7,8)(H,9,10)/p-1. The number of hydrogen-bond donors (Lipinski definition) is 2. The van der Waals surface area contributed by atoms with Crippen LogP contribution in [-0.4, -0.2) is 34.0 Å². The number of aliphatic hydroxyl groups is 1. The van der Waals surface area contributed by atoms with Crippen LogP contribution in [0.1, 0.15) is 0 Å². The number of carbonyl (C=O) groups excluding carboxylic acids is 2. The predicted octanol–water partition coefficient (Wildman–Crippen LogP) is -3.25. The third kappa shape index (κ3) is 1.82. The summed E-state index contributed by atoms with van der Waals surface area (Å²) in [6.45, 7) is 0. The molecule has 1 atom stereocenters. The summed E-state index contributed by atoms with van der Waals surface area (Å²) in [5.41, 5.74) is 0. The third-order valence-electron chi connectivity index (χ3n) is 0.682. The first-order valence-electron chi connectivity index (χ1n) is 2.13. The van der Waals surface area contributed by atoms with E-state index >= 15 is 0 Å². The molecule has 0 aliphatic heterocycles. The zero-order chi connectivity index (χ0) is 8.31. The van der Waals surface area contributed by atoms with E-state index in [2.05, 4.69) is 0 Å². The maximum atomic E-state index is 10.0. The number of rotatable bonds is 3. The number of aliphatic carboxylic acids is 2. The van der Waals surface area contributed by atoms with Crippen LogP contribution in [0.5, 0.6) is 0 Å².